The lowest BCUT2D eigenvalue weighted by molar-refractivity contribution is 0.100. The highest BCUT2D eigenvalue weighted by atomic mass is 16.1. The number of carbonyl (C=O) groups is 1. The molecule has 0 bridgehead atoms. The molecular formula is C10H12N5O. The first-order valence-corrected chi connectivity index (χ1v) is 4.91. The molecule has 0 aliphatic heterocycles. The summed E-state index contributed by atoms with van der Waals surface area (Å²) in [6.45, 7) is 2.78. The van der Waals surface area contributed by atoms with Crippen molar-refractivity contribution in [3.05, 3.63) is 23.9 Å². The van der Waals surface area contributed by atoms with Crippen molar-refractivity contribution in [1.82, 2.24) is 14.6 Å². The summed E-state index contributed by atoms with van der Waals surface area (Å²) >= 11 is 0. The summed E-state index contributed by atoms with van der Waals surface area (Å²) in [4.78, 5) is 17.3. The summed E-state index contributed by atoms with van der Waals surface area (Å²) < 4.78 is 1.53. The van der Waals surface area contributed by atoms with Crippen LogP contribution in [0.1, 0.15) is 17.3 Å². The topological polar surface area (TPSA) is 76.5 Å². The Labute approximate surface area is 92.7 Å². The van der Waals surface area contributed by atoms with E-state index < -0.39 is 5.91 Å². The van der Waals surface area contributed by atoms with Gasteiger partial charge in [-0.2, -0.15) is 4.98 Å². The van der Waals surface area contributed by atoms with Gasteiger partial charge in [0.1, 0.15) is 0 Å². The van der Waals surface area contributed by atoms with Gasteiger partial charge in [-0.25, -0.2) is 4.52 Å². The molecule has 0 saturated carbocycles. The van der Waals surface area contributed by atoms with E-state index in [2.05, 4.69) is 16.1 Å². The van der Waals surface area contributed by atoms with Gasteiger partial charge in [-0.3, -0.25) is 4.79 Å². The highest BCUT2D eigenvalue weighted by Gasteiger charge is 2.13. The van der Waals surface area contributed by atoms with Crippen LogP contribution >= 0.6 is 0 Å². The molecule has 16 heavy (non-hydrogen) atoms. The van der Waals surface area contributed by atoms with Gasteiger partial charge in [-0.1, -0.05) is 0 Å². The van der Waals surface area contributed by atoms with Crippen LogP contribution in [0, 0.1) is 6.07 Å². The number of nitrogens with two attached hydrogens (primary N) is 1. The standard InChI is InChI=1S/C10H12N5O/c1-3-14(2)10-12-9-7(8(11)16)5-4-6-15(9)13-10/h4,6H,3H2,1-2H3,(H2,11,16). The minimum Gasteiger partial charge on any atom is -0.365 e. The monoisotopic (exact) mass is 218 g/mol. The molecule has 2 rings (SSSR count). The Morgan fingerprint density at radius 3 is 3.06 bits per heavy atom. The second kappa shape index (κ2) is 3.80. The van der Waals surface area contributed by atoms with Crippen molar-refractivity contribution >= 4 is 17.5 Å². The minimum atomic E-state index is -0.552. The van der Waals surface area contributed by atoms with Gasteiger partial charge in [0.15, 0.2) is 5.65 Å². The van der Waals surface area contributed by atoms with Gasteiger partial charge >= 0.3 is 0 Å². The molecule has 0 unspecified atom stereocenters. The normalized spacial score (nSPS) is 10.6. The SMILES string of the molecule is CCN(C)c1nc2c(C(N)=O)[c]ccn2n1. The Morgan fingerprint density at radius 1 is 1.69 bits per heavy atom. The van der Waals surface area contributed by atoms with Crippen LogP contribution in [0.2, 0.25) is 0 Å². The predicted octanol–water partition coefficient (Wildman–Crippen LogP) is 0.0845. The van der Waals surface area contributed by atoms with E-state index in [1.165, 1.54) is 4.52 Å². The molecular weight excluding hydrogens is 206 g/mol. The largest absolute Gasteiger partial charge is 0.365 e. The zero-order valence-corrected chi connectivity index (χ0v) is 9.14. The van der Waals surface area contributed by atoms with E-state index in [0.29, 0.717) is 11.6 Å². The fraction of sp³-hybridized carbons (Fsp3) is 0.300. The second-order valence-corrected chi connectivity index (χ2v) is 3.39. The van der Waals surface area contributed by atoms with Crippen LogP contribution in [-0.2, 0) is 0 Å². The number of primary amides is 1. The number of hydrogen-bond acceptors (Lipinski definition) is 4. The Hall–Kier alpha value is -2.11. The average Bonchev–Trinajstić information content (AvgIpc) is 2.70. The summed E-state index contributed by atoms with van der Waals surface area (Å²) in [5, 5.41) is 4.23. The Kier molecular flexibility index (Phi) is 2.47. The first-order valence-electron chi connectivity index (χ1n) is 4.91. The van der Waals surface area contributed by atoms with E-state index in [-0.39, 0.29) is 5.56 Å². The van der Waals surface area contributed by atoms with Crippen molar-refractivity contribution in [1.29, 1.82) is 0 Å². The summed E-state index contributed by atoms with van der Waals surface area (Å²) in [5.74, 6) is 0.00769. The molecule has 2 N–H and O–H groups in total. The Morgan fingerprint density at radius 2 is 2.44 bits per heavy atom. The van der Waals surface area contributed by atoms with Crippen molar-refractivity contribution in [2.75, 3.05) is 18.5 Å². The Bertz CT molecular complexity index is 533. The zero-order chi connectivity index (χ0) is 11.7. The molecule has 2 aromatic rings. The summed E-state index contributed by atoms with van der Waals surface area (Å²) in [6, 6.07) is 4.36. The quantitative estimate of drug-likeness (QED) is 0.791. The van der Waals surface area contributed by atoms with Gasteiger partial charge in [0, 0.05) is 25.9 Å². The molecule has 0 aliphatic carbocycles. The fourth-order valence-corrected chi connectivity index (χ4v) is 1.33. The van der Waals surface area contributed by atoms with Crippen molar-refractivity contribution in [3.63, 3.8) is 0 Å². The number of rotatable bonds is 3. The van der Waals surface area contributed by atoms with E-state index >= 15 is 0 Å². The summed E-state index contributed by atoms with van der Waals surface area (Å²) in [6.07, 6.45) is 1.68. The number of fused-ring (bicyclic) bond motifs is 1. The van der Waals surface area contributed by atoms with Crippen LogP contribution in [-0.4, -0.2) is 34.1 Å². The van der Waals surface area contributed by atoms with Crippen LogP contribution in [0.25, 0.3) is 5.65 Å². The number of nitrogens with zero attached hydrogens (tertiary/aromatic N) is 4. The highest BCUT2D eigenvalue weighted by molar-refractivity contribution is 5.98. The molecule has 1 radical (unpaired) electrons. The number of carbonyl (C=O) groups excluding carboxylic acids is 1. The molecule has 0 spiro atoms. The minimum absolute atomic E-state index is 0.255. The van der Waals surface area contributed by atoms with E-state index in [1.807, 2.05) is 18.9 Å². The summed E-state index contributed by atoms with van der Waals surface area (Å²) in [7, 11) is 1.88. The molecule has 0 aromatic carbocycles. The third-order valence-electron chi connectivity index (χ3n) is 2.35. The van der Waals surface area contributed by atoms with E-state index in [0.717, 1.165) is 6.54 Å². The van der Waals surface area contributed by atoms with Gasteiger partial charge in [0.2, 0.25) is 5.95 Å². The molecule has 0 fully saturated rings. The number of anilines is 1. The van der Waals surface area contributed by atoms with Gasteiger partial charge in [0.05, 0.1) is 5.56 Å². The lowest BCUT2D eigenvalue weighted by atomic mass is 10.2. The molecule has 6 heteroatoms. The average molecular weight is 218 g/mol. The third kappa shape index (κ3) is 1.58. The lowest BCUT2D eigenvalue weighted by Gasteiger charge is -2.09. The smallest absolute Gasteiger partial charge is 0.253 e. The van der Waals surface area contributed by atoms with Crippen LogP contribution in [0.5, 0.6) is 0 Å². The molecule has 0 atom stereocenters. The van der Waals surface area contributed by atoms with Crippen molar-refractivity contribution in [3.8, 4) is 0 Å². The number of aromatic nitrogens is 3. The number of pyridine rings is 1. The van der Waals surface area contributed by atoms with Crippen LogP contribution < -0.4 is 10.6 Å². The summed E-state index contributed by atoms with van der Waals surface area (Å²) in [5.41, 5.74) is 5.92. The third-order valence-corrected chi connectivity index (χ3v) is 2.35. The molecule has 0 aliphatic rings. The van der Waals surface area contributed by atoms with Gasteiger partial charge in [-0.05, 0) is 13.0 Å². The second-order valence-electron chi connectivity index (χ2n) is 3.39. The Balaban J connectivity index is 2.61. The molecule has 2 heterocycles. The molecule has 1 amide bonds. The maximum Gasteiger partial charge on any atom is 0.253 e. The highest BCUT2D eigenvalue weighted by Crippen LogP contribution is 2.12. The predicted molar refractivity (Wildman–Crippen MR) is 59.3 cm³/mol. The zero-order valence-electron chi connectivity index (χ0n) is 9.14. The number of hydrogen-bond donors (Lipinski definition) is 1. The van der Waals surface area contributed by atoms with Crippen LogP contribution in [0.3, 0.4) is 0 Å². The maximum atomic E-state index is 11.2. The lowest BCUT2D eigenvalue weighted by Crippen LogP contribution is -2.17. The first-order chi connectivity index (χ1) is 7.63. The van der Waals surface area contributed by atoms with Crippen LogP contribution in [0.15, 0.2) is 12.3 Å². The molecule has 6 nitrogen and oxygen atoms in total. The van der Waals surface area contributed by atoms with Crippen molar-refractivity contribution in [2.24, 2.45) is 5.73 Å². The van der Waals surface area contributed by atoms with E-state index in [9.17, 15) is 4.79 Å². The van der Waals surface area contributed by atoms with Gasteiger partial charge in [-0.15, -0.1) is 5.10 Å². The maximum absolute atomic E-state index is 11.2. The van der Waals surface area contributed by atoms with Crippen molar-refractivity contribution in [2.45, 2.75) is 6.92 Å². The fourth-order valence-electron chi connectivity index (χ4n) is 1.33. The molecule has 0 saturated heterocycles. The molecule has 83 valence electrons. The van der Waals surface area contributed by atoms with Gasteiger partial charge in [0.25, 0.3) is 5.91 Å². The van der Waals surface area contributed by atoms with E-state index in [1.54, 1.807) is 12.3 Å². The van der Waals surface area contributed by atoms with Crippen LogP contribution in [0.4, 0.5) is 5.95 Å². The first kappa shape index (κ1) is 10.4. The number of amides is 1. The van der Waals surface area contributed by atoms with E-state index in [4.69, 9.17) is 5.73 Å². The van der Waals surface area contributed by atoms with Crippen molar-refractivity contribution < 1.29 is 4.79 Å². The van der Waals surface area contributed by atoms with Gasteiger partial charge < -0.3 is 10.6 Å². The molecule has 2 aromatic heterocycles.